The van der Waals surface area contributed by atoms with Crippen LogP contribution in [0.3, 0.4) is 0 Å². The first-order valence-corrected chi connectivity index (χ1v) is 11.5. The van der Waals surface area contributed by atoms with Gasteiger partial charge in [-0.05, 0) is 42.7 Å². The van der Waals surface area contributed by atoms with Gasteiger partial charge in [-0.2, -0.15) is 0 Å². The van der Waals surface area contributed by atoms with Gasteiger partial charge in [0.15, 0.2) is 5.75 Å². The third-order valence-corrected chi connectivity index (χ3v) is 5.44. The lowest BCUT2D eigenvalue weighted by Crippen LogP contribution is -2.39. The van der Waals surface area contributed by atoms with Crippen molar-refractivity contribution in [1.82, 2.24) is 25.1 Å². The van der Waals surface area contributed by atoms with Crippen molar-refractivity contribution in [3.8, 4) is 5.75 Å². The molecule has 2 aromatic heterocycles. The second-order valence-corrected chi connectivity index (χ2v) is 8.27. The fourth-order valence-electron chi connectivity index (χ4n) is 3.61. The molecule has 0 atom stereocenters. The normalized spacial score (nSPS) is 10.9. The van der Waals surface area contributed by atoms with E-state index in [0.717, 1.165) is 5.56 Å². The standard InChI is InChI=1S/C25H30FN5O5/c1-4-36-12-10-27-23(33)20-22(32)21-19(31(24(20)34)11-9-28-25(35)30(2)3)14-17(15-29-21)13-16-5-7-18(26)8-6-16/h5-8,14-15,32H,4,9-13H2,1-3H3,(H,27,33)(H,28,35). The van der Waals surface area contributed by atoms with Crippen LogP contribution in [-0.2, 0) is 17.7 Å². The first-order chi connectivity index (χ1) is 17.2. The average Bonchev–Trinajstić information content (AvgIpc) is 2.85. The van der Waals surface area contributed by atoms with Crippen LogP contribution in [-0.4, -0.2) is 71.9 Å². The van der Waals surface area contributed by atoms with Gasteiger partial charge in [-0.1, -0.05) is 12.1 Å². The minimum Gasteiger partial charge on any atom is -0.505 e. The third kappa shape index (κ3) is 6.36. The first kappa shape index (κ1) is 26.6. The van der Waals surface area contributed by atoms with Gasteiger partial charge in [0, 0.05) is 46.5 Å². The molecule has 3 amide bonds. The highest BCUT2D eigenvalue weighted by Gasteiger charge is 2.23. The number of amides is 3. The lowest BCUT2D eigenvalue weighted by atomic mass is 10.1. The van der Waals surface area contributed by atoms with Crippen molar-refractivity contribution in [3.05, 3.63) is 69.4 Å². The van der Waals surface area contributed by atoms with Crippen molar-refractivity contribution in [2.24, 2.45) is 0 Å². The Labute approximate surface area is 207 Å². The molecule has 0 saturated carbocycles. The zero-order chi connectivity index (χ0) is 26.2. The SMILES string of the molecule is CCOCCNC(=O)c1c(O)c2ncc(Cc3ccc(F)cc3)cc2n(CCNC(=O)N(C)C)c1=O. The van der Waals surface area contributed by atoms with Gasteiger partial charge < -0.3 is 29.9 Å². The maximum Gasteiger partial charge on any atom is 0.316 e. The number of fused-ring (bicyclic) bond motifs is 1. The molecule has 0 spiro atoms. The largest absolute Gasteiger partial charge is 0.505 e. The number of nitrogens with zero attached hydrogens (tertiary/aromatic N) is 3. The van der Waals surface area contributed by atoms with Gasteiger partial charge in [-0.15, -0.1) is 0 Å². The second-order valence-electron chi connectivity index (χ2n) is 8.27. The van der Waals surface area contributed by atoms with Crippen LogP contribution in [0.2, 0.25) is 0 Å². The highest BCUT2D eigenvalue weighted by Crippen LogP contribution is 2.26. The first-order valence-electron chi connectivity index (χ1n) is 11.5. The summed E-state index contributed by atoms with van der Waals surface area (Å²) in [5.41, 5.74) is 0.783. The minimum atomic E-state index is -0.748. The Bertz CT molecular complexity index is 1290. The van der Waals surface area contributed by atoms with Crippen LogP contribution < -0.4 is 16.2 Å². The molecule has 0 aliphatic heterocycles. The topological polar surface area (TPSA) is 126 Å². The third-order valence-electron chi connectivity index (χ3n) is 5.44. The quantitative estimate of drug-likeness (QED) is 0.366. The van der Waals surface area contributed by atoms with E-state index in [9.17, 15) is 23.9 Å². The van der Waals surface area contributed by atoms with Crippen molar-refractivity contribution >= 4 is 23.0 Å². The number of halogens is 1. The van der Waals surface area contributed by atoms with Crippen molar-refractivity contribution in [2.75, 3.05) is 40.4 Å². The van der Waals surface area contributed by atoms with E-state index in [0.29, 0.717) is 24.1 Å². The lowest BCUT2D eigenvalue weighted by molar-refractivity contribution is 0.0918. The maximum atomic E-state index is 13.4. The van der Waals surface area contributed by atoms with E-state index in [-0.39, 0.29) is 43.6 Å². The Kier molecular flexibility index (Phi) is 8.96. The molecule has 0 saturated heterocycles. The molecule has 192 valence electrons. The molecule has 3 rings (SSSR count). The van der Waals surface area contributed by atoms with Crippen LogP contribution >= 0.6 is 0 Å². The van der Waals surface area contributed by atoms with E-state index in [1.807, 2.05) is 6.92 Å². The summed E-state index contributed by atoms with van der Waals surface area (Å²) in [4.78, 5) is 43.8. The van der Waals surface area contributed by atoms with Crippen LogP contribution in [0.4, 0.5) is 9.18 Å². The van der Waals surface area contributed by atoms with E-state index in [1.165, 1.54) is 27.8 Å². The number of ether oxygens (including phenoxy) is 1. The summed E-state index contributed by atoms with van der Waals surface area (Å²) in [6.07, 6.45) is 1.94. The maximum absolute atomic E-state index is 13.4. The number of aromatic hydroxyl groups is 1. The molecule has 0 unspecified atom stereocenters. The molecule has 3 N–H and O–H groups in total. The number of hydrogen-bond acceptors (Lipinski definition) is 6. The Morgan fingerprint density at radius 3 is 2.53 bits per heavy atom. The molecule has 0 aliphatic carbocycles. The zero-order valence-electron chi connectivity index (χ0n) is 20.5. The van der Waals surface area contributed by atoms with E-state index in [1.54, 1.807) is 32.3 Å². The number of nitrogens with one attached hydrogen (secondary N) is 2. The molecule has 36 heavy (non-hydrogen) atoms. The molecule has 1 aromatic carbocycles. The Morgan fingerprint density at radius 1 is 1.14 bits per heavy atom. The molecule has 0 fully saturated rings. The molecule has 2 heterocycles. The number of benzene rings is 1. The number of carbonyl (C=O) groups excluding carboxylic acids is 2. The molecule has 10 nitrogen and oxygen atoms in total. The summed E-state index contributed by atoms with van der Waals surface area (Å²) in [6.45, 7) is 2.85. The summed E-state index contributed by atoms with van der Waals surface area (Å²) in [5.74, 6) is -1.62. The number of rotatable bonds is 10. The van der Waals surface area contributed by atoms with Crippen LogP contribution in [0.25, 0.3) is 11.0 Å². The van der Waals surface area contributed by atoms with Gasteiger partial charge in [0.1, 0.15) is 16.9 Å². The number of pyridine rings is 2. The molecule has 0 radical (unpaired) electrons. The van der Waals surface area contributed by atoms with Crippen molar-refractivity contribution in [3.63, 3.8) is 0 Å². The Morgan fingerprint density at radius 2 is 1.86 bits per heavy atom. The average molecular weight is 500 g/mol. The van der Waals surface area contributed by atoms with Crippen LogP contribution in [0.15, 0.2) is 41.3 Å². The number of hydrogen-bond donors (Lipinski definition) is 3. The minimum absolute atomic E-state index is 0.0378. The summed E-state index contributed by atoms with van der Waals surface area (Å²) in [5, 5.41) is 16.1. The fourth-order valence-corrected chi connectivity index (χ4v) is 3.61. The number of aromatic nitrogens is 2. The van der Waals surface area contributed by atoms with Gasteiger partial charge in [0.25, 0.3) is 11.5 Å². The summed E-state index contributed by atoms with van der Waals surface area (Å²) < 4.78 is 19.8. The molecular weight excluding hydrogens is 469 g/mol. The Balaban J connectivity index is 2.01. The van der Waals surface area contributed by atoms with Crippen molar-refractivity contribution in [1.29, 1.82) is 0 Å². The summed E-state index contributed by atoms with van der Waals surface area (Å²) in [7, 11) is 3.18. The Hall–Kier alpha value is -3.99. The molecule has 11 heteroatoms. The molecular formula is C25H30FN5O5. The van der Waals surface area contributed by atoms with E-state index < -0.39 is 22.8 Å². The highest BCUT2D eigenvalue weighted by molar-refractivity contribution is 6.01. The predicted octanol–water partition coefficient (Wildman–Crippen LogP) is 1.87. The van der Waals surface area contributed by atoms with Crippen LogP contribution in [0.5, 0.6) is 5.75 Å². The highest BCUT2D eigenvalue weighted by atomic mass is 19.1. The van der Waals surface area contributed by atoms with E-state index in [4.69, 9.17) is 4.74 Å². The van der Waals surface area contributed by atoms with Gasteiger partial charge in [-0.3, -0.25) is 14.6 Å². The van der Waals surface area contributed by atoms with Gasteiger partial charge in [0.05, 0.1) is 12.1 Å². The zero-order valence-corrected chi connectivity index (χ0v) is 20.5. The van der Waals surface area contributed by atoms with Gasteiger partial charge in [-0.25, -0.2) is 9.18 Å². The predicted molar refractivity (Wildman–Crippen MR) is 133 cm³/mol. The molecule has 0 aliphatic rings. The van der Waals surface area contributed by atoms with Crippen LogP contribution in [0.1, 0.15) is 28.4 Å². The van der Waals surface area contributed by atoms with E-state index >= 15 is 0 Å². The fraction of sp³-hybridized carbons (Fsp3) is 0.360. The van der Waals surface area contributed by atoms with E-state index in [2.05, 4.69) is 15.6 Å². The molecule has 3 aromatic rings. The van der Waals surface area contributed by atoms with Crippen molar-refractivity contribution in [2.45, 2.75) is 19.9 Å². The summed E-state index contributed by atoms with van der Waals surface area (Å²) >= 11 is 0. The second kappa shape index (κ2) is 12.1. The smallest absolute Gasteiger partial charge is 0.316 e. The monoisotopic (exact) mass is 499 g/mol. The van der Waals surface area contributed by atoms with Crippen molar-refractivity contribution < 1.29 is 23.8 Å². The van der Waals surface area contributed by atoms with Gasteiger partial charge in [0.2, 0.25) is 0 Å². The van der Waals surface area contributed by atoms with Gasteiger partial charge >= 0.3 is 6.03 Å². The lowest BCUT2D eigenvalue weighted by Gasteiger charge is -2.17. The summed E-state index contributed by atoms with van der Waals surface area (Å²) in [6, 6.07) is 7.37. The molecule has 0 bridgehead atoms. The number of carbonyl (C=O) groups is 2. The van der Waals surface area contributed by atoms with Crippen LogP contribution in [0, 0.1) is 5.82 Å². The number of urea groups is 1.